The molecular weight excluding hydrogens is 128 g/mol. The van der Waals surface area contributed by atoms with E-state index < -0.39 is 0 Å². The predicted molar refractivity (Wildman–Crippen MR) is 37.6 cm³/mol. The lowest BCUT2D eigenvalue weighted by molar-refractivity contribution is -0.122. The van der Waals surface area contributed by atoms with Crippen molar-refractivity contribution in [3.05, 3.63) is 30.0 Å². The summed E-state index contributed by atoms with van der Waals surface area (Å²) >= 11 is 0. The Labute approximate surface area is 58.9 Å². The van der Waals surface area contributed by atoms with Gasteiger partial charge < -0.3 is 0 Å². The van der Waals surface area contributed by atoms with Crippen molar-refractivity contribution in [3.63, 3.8) is 0 Å². The first-order chi connectivity index (χ1) is 4.84. The van der Waals surface area contributed by atoms with Gasteiger partial charge in [0, 0.05) is 0 Å². The summed E-state index contributed by atoms with van der Waals surface area (Å²) in [6, 6.07) is 0. The normalized spacial score (nSPS) is 21.1. The number of carbonyl (C=O) groups excluding carboxylic acids is 1. The van der Waals surface area contributed by atoms with Gasteiger partial charge in [0.05, 0.1) is 5.92 Å². The van der Waals surface area contributed by atoms with Crippen LogP contribution in [0.2, 0.25) is 0 Å². The van der Waals surface area contributed by atoms with Crippen molar-refractivity contribution in [2.75, 3.05) is 0 Å². The second-order valence-electron chi connectivity index (χ2n) is 1.92. The lowest BCUT2D eigenvalue weighted by Crippen LogP contribution is -2.34. The van der Waals surface area contributed by atoms with Crippen LogP contribution >= 0.6 is 0 Å². The molecule has 1 aliphatic carbocycles. The van der Waals surface area contributed by atoms with Crippen molar-refractivity contribution in [3.8, 4) is 0 Å². The minimum Gasteiger partial charge on any atom is -0.293 e. The van der Waals surface area contributed by atoms with Crippen molar-refractivity contribution in [1.29, 1.82) is 0 Å². The molecule has 1 rings (SSSR count). The van der Waals surface area contributed by atoms with Crippen molar-refractivity contribution < 1.29 is 4.79 Å². The van der Waals surface area contributed by atoms with Crippen LogP contribution < -0.4 is 11.3 Å². The molecule has 1 amide bonds. The summed E-state index contributed by atoms with van der Waals surface area (Å²) in [6.07, 6.45) is 6.90. The Morgan fingerprint density at radius 3 is 3.00 bits per heavy atom. The van der Waals surface area contributed by atoms with Crippen LogP contribution in [0.15, 0.2) is 30.0 Å². The summed E-state index contributed by atoms with van der Waals surface area (Å²) in [6.45, 7) is 0. The summed E-state index contributed by atoms with van der Waals surface area (Å²) in [7, 11) is 0. The van der Waals surface area contributed by atoms with Gasteiger partial charge in [-0.3, -0.25) is 10.2 Å². The van der Waals surface area contributed by atoms with E-state index >= 15 is 0 Å². The largest absolute Gasteiger partial charge is 0.293 e. The SMILES string of the molecule is NNC(=O)C1C=C=CC=C1. The van der Waals surface area contributed by atoms with Crippen LogP contribution in [-0.4, -0.2) is 5.91 Å². The quantitative estimate of drug-likeness (QED) is 0.228. The molecule has 52 valence electrons. The highest BCUT2D eigenvalue weighted by Crippen LogP contribution is 2.03. The molecule has 10 heavy (non-hydrogen) atoms. The summed E-state index contributed by atoms with van der Waals surface area (Å²) < 4.78 is 0. The van der Waals surface area contributed by atoms with Crippen molar-refractivity contribution >= 4 is 5.91 Å². The number of amides is 1. The molecule has 0 aromatic carbocycles. The summed E-state index contributed by atoms with van der Waals surface area (Å²) in [4.78, 5) is 10.8. The van der Waals surface area contributed by atoms with Gasteiger partial charge in [-0.1, -0.05) is 12.2 Å². The fourth-order valence-electron chi connectivity index (χ4n) is 0.705. The van der Waals surface area contributed by atoms with Crippen LogP contribution in [0.5, 0.6) is 0 Å². The van der Waals surface area contributed by atoms with Gasteiger partial charge in [-0.05, 0) is 12.2 Å². The molecule has 0 spiro atoms. The molecule has 3 nitrogen and oxygen atoms in total. The maximum Gasteiger partial charge on any atom is 0.245 e. The van der Waals surface area contributed by atoms with E-state index in [1.165, 1.54) is 0 Å². The molecule has 0 heterocycles. The molecule has 1 atom stereocenters. The third-order valence-electron chi connectivity index (χ3n) is 1.23. The van der Waals surface area contributed by atoms with E-state index in [9.17, 15) is 4.79 Å². The molecule has 3 heteroatoms. The third kappa shape index (κ3) is 1.35. The highest BCUT2D eigenvalue weighted by Gasteiger charge is 2.09. The fourth-order valence-corrected chi connectivity index (χ4v) is 0.705. The molecule has 0 aromatic heterocycles. The lowest BCUT2D eigenvalue weighted by atomic mass is 10.1. The lowest BCUT2D eigenvalue weighted by Gasteiger charge is -2.04. The smallest absolute Gasteiger partial charge is 0.245 e. The van der Waals surface area contributed by atoms with Gasteiger partial charge in [0.2, 0.25) is 5.91 Å². The monoisotopic (exact) mass is 136 g/mol. The molecule has 0 aromatic rings. The van der Waals surface area contributed by atoms with Crippen molar-refractivity contribution in [1.82, 2.24) is 5.43 Å². The van der Waals surface area contributed by atoms with E-state index in [1.807, 2.05) is 0 Å². The van der Waals surface area contributed by atoms with E-state index in [1.54, 1.807) is 24.3 Å². The highest BCUT2D eigenvalue weighted by atomic mass is 16.2. The molecule has 0 fully saturated rings. The maximum absolute atomic E-state index is 10.8. The molecular formula is C7H8N2O. The molecule has 0 saturated heterocycles. The van der Waals surface area contributed by atoms with E-state index in [0.29, 0.717) is 0 Å². The number of hydrogen-bond acceptors (Lipinski definition) is 2. The average molecular weight is 136 g/mol. The van der Waals surface area contributed by atoms with Crippen LogP contribution in [-0.2, 0) is 4.79 Å². The second-order valence-corrected chi connectivity index (χ2v) is 1.92. The summed E-state index contributed by atoms with van der Waals surface area (Å²) in [5.74, 6) is 4.45. The highest BCUT2D eigenvalue weighted by molar-refractivity contribution is 5.81. The Kier molecular flexibility index (Phi) is 2.05. The van der Waals surface area contributed by atoms with E-state index in [2.05, 4.69) is 11.2 Å². The first-order valence-corrected chi connectivity index (χ1v) is 2.94. The first-order valence-electron chi connectivity index (χ1n) is 2.94. The second kappa shape index (κ2) is 3.01. The standard InChI is InChI=1S/C7H8N2O/c8-9-7(10)6-4-2-1-3-5-6/h1-2,4-6H,8H2,(H,9,10). The fraction of sp³-hybridized carbons (Fsp3) is 0.143. The third-order valence-corrected chi connectivity index (χ3v) is 1.23. The Morgan fingerprint density at radius 1 is 1.70 bits per heavy atom. The van der Waals surface area contributed by atoms with Crippen LogP contribution in [0.4, 0.5) is 0 Å². The van der Waals surface area contributed by atoms with E-state index in [-0.39, 0.29) is 11.8 Å². The molecule has 0 radical (unpaired) electrons. The van der Waals surface area contributed by atoms with Crippen LogP contribution in [0.3, 0.4) is 0 Å². The zero-order chi connectivity index (χ0) is 7.40. The minimum atomic E-state index is -0.255. The Balaban J connectivity index is 2.67. The van der Waals surface area contributed by atoms with E-state index in [4.69, 9.17) is 5.84 Å². The van der Waals surface area contributed by atoms with Gasteiger partial charge in [0.1, 0.15) is 0 Å². The molecule has 0 aliphatic heterocycles. The molecule has 0 bridgehead atoms. The van der Waals surface area contributed by atoms with Gasteiger partial charge in [-0.25, -0.2) is 5.84 Å². The van der Waals surface area contributed by atoms with Crippen molar-refractivity contribution in [2.24, 2.45) is 11.8 Å². The minimum absolute atomic E-state index is 0.211. The molecule has 1 unspecified atom stereocenters. The number of allylic oxidation sites excluding steroid dienone is 1. The predicted octanol–water partition coefficient (Wildman–Crippen LogP) is -0.126. The zero-order valence-corrected chi connectivity index (χ0v) is 5.37. The first kappa shape index (κ1) is 6.81. The van der Waals surface area contributed by atoms with Gasteiger partial charge in [-0.15, -0.1) is 5.73 Å². The van der Waals surface area contributed by atoms with Gasteiger partial charge in [0.15, 0.2) is 0 Å². The number of hydrazine groups is 1. The number of hydrogen-bond donors (Lipinski definition) is 2. The maximum atomic E-state index is 10.8. The molecule has 3 N–H and O–H groups in total. The van der Waals surface area contributed by atoms with Crippen molar-refractivity contribution in [2.45, 2.75) is 0 Å². The Hall–Kier alpha value is -1.31. The average Bonchev–Trinajstić information content (AvgIpc) is 2.05. The number of rotatable bonds is 1. The Morgan fingerprint density at radius 2 is 2.50 bits per heavy atom. The number of nitrogens with two attached hydrogens (primary N) is 1. The number of carbonyl (C=O) groups is 1. The topological polar surface area (TPSA) is 55.1 Å². The molecule has 1 aliphatic rings. The summed E-state index contributed by atoms with van der Waals surface area (Å²) in [5, 5.41) is 0. The van der Waals surface area contributed by atoms with Gasteiger partial charge in [0.25, 0.3) is 0 Å². The number of nitrogens with one attached hydrogen (secondary N) is 1. The van der Waals surface area contributed by atoms with Crippen LogP contribution in [0.25, 0.3) is 0 Å². The van der Waals surface area contributed by atoms with Crippen LogP contribution in [0.1, 0.15) is 0 Å². The Bertz CT molecular complexity index is 224. The van der Waals surface area contributed by atoms with Gasteiger partial charge in [-0.2, -0.15) is 0 Å². The van der Waals surface area contributed by atoms with Crippen LogP contribution in [0, 0.1) is 5.92 Å². The van der Waals surface area contributed by atoms with E-state index in [0.717, 1.165) is 0 Å². The molecule has 0 saturated carbocycles. The van der Waals surface area contributed by atoms with Gasteiger partial charge >= 0.3 is 0 Å². The zero-order valence-electron chi connectivity index (χ0n) is 5.37. The summed E-state index contributed by atoms with van der Waals surface area (Å²) in [5.41, 5.74) is 4.86.